The second kappa shape index (κ2) is 3.98. The summed E-state index contributed by atoms with van der Waals surface area (Å²) in [5, 5.41) is 0. The van der Waals surface area contributed by atoms with E-state index < -0.39 is 0 Å². The maximum absolute atomic E-state index is 2.32. The first-order valence-corrected chi connectivity index (χ1v) is 6.24. The van der Waals surface area contributed by atoms with Crippen molar-refractivity contribution in [1.82, 2.24) is 0 Å². The third-order valence-electron chi connectivity index (χ3n) is 2.43. The molecule has 1 rings (SSSR count). The molecule has 0 fully saturated rings. The van der Waals surface area contributed by atoms with Crippen LogP contribution in [0.25, 0.3) is 0 Å². The van der Waals surface area contributed by atoms with E-state index in [4.69, 9.17) is 0 Å². The molecule has 0 aromatic heterocycles. The molecule has 0 aliphatic rings. The Morgan fingerprint density at radius 3 is 2.07 bits per heavy atom. The van der Waals surface area contributed by atoms with Crippen molar-refractivity contribution in [2.24, 2.45) is 0 Å². The van der Waals surface area contributed by atoms with Crippen LogP contribution in [0.3, 0.4) is 0 Å². The van der Waals surface area contributed by atoms with Crippen molar-refractivity contribution < 1.29 is 0 Å². The third kappa shape index (κ3) is 2.33. The summed E-state index contributed by atoms with van der Waals surface area (Å²) in [6.45, 7) is 11.2. The monoisotopic (exact) mass is 208 g/mol. The number of hydrogen-bond donors (Lipinski definition) is 0. The lowest BCUT2D eigenvalue weighted by Gasteiger charge is -2.24. The van der Waals surface area contributed by atoms with Crippen molar-refractivity contribution in [3.8, 4) is 0 Å². The fourth-order valence-corrected chi connectivity index (χ4v) is 2.75. The summed E-state index contributed by atoms with van der Waals surface area (Å²) in [6.07, 6.45) is 2.16. The van der Waals surface area contributed by atoms with Gasteiger partial charge in [-0.3, -0.25) is 0 Å². The van der Waals surface area contributed by atoms with Crippen LogP contribution in [-0.4, -0.2) is 6.26 Å². The minimum absolute atomic E-state index is 0.245. The summed E-state index contributed by atoms with van der Waals surface area (Å²) in [5.74, 6) is 0. The van der Waals surface area contributed by atoms with Gasteiger partial charge in [-0.2, -0.15) is 0 Å². The van der Waals surface area contributed by atoms with E-state index in [9.17, 15) is 0 Å². The van der Waals surface area contributed by atoms with E-state index in [-0.39, 0.29) is 5.41 Å². The van der Waals surface area contributed by atoms with Gasteiger partial charge in [-0.15, -0.1) is 11.8 Å². The molecule has 0 aliphatic carbocycles. The molecule has 0 saturated heterocycles. The molecular formula is C13H20S. The Kier molecular flexibility index (Phi) is 3.31. The highest BCUT2D eigenvalue weighted by molar-refractivity contribution is 7.98. The van der Waals surface area contributed by atoms with Gasteiger partial charge in [0.15, 0.2) is 0 Å². The molecule has 0 bridgehead atoms. The van der Waals surface area contributed by atoms with Gasteiger partial charge in [0.2, 0.25) is 0 Å². The van der Waals surface area contributed by atoms with Crippen LogP contribution < -0.4 is 0 Å². The lowest BCUT2D eigenvalue weighted by atomic mass is 9.85. The highest BCUT2D eigenvalue weighted by Gasteiger charge is 2.19. The zero-order valence-electron chi connectivity index (χ0n) is 10.1. The summed E-state index contributed by atoms with van der Waals surface area (Å²) < 4.78 is 0. The number of aryl methyl sites for hydroxylation is 2. The lowest BCUT2D eigenvalue weighted by molar-refractivity contribution is 0.576. The number of thioether (sulfide) groups is 1. The Morgan fingerprint density at radius 2 is 1.64 bits per heavy atom. The van der Waals surface area contributed by atoms with Gasteiger partial charge in [0.1, 0.15) is 0 Å². The van der Waals surface area contributed by atoms with Gasteiger partial charge >= 0.3 is 0 Å². The molecule has 0 spiro atoms. The van der Waals surface area contributed by atoms with Crippen LogP contribution in [0.2, 0.25) is 0 Å². The molecule has 0 heterocycles. The smallest absolute Gasteiger partial charge is 0.0136 e. The van der Waals surface area contributed by atoms with Crippen LogP contribution in [0.1, 0.15) is 37.5 Å². The van der Waals surface area contributed by atoms with Crippen molar-refractivity contribution in [2.45, 2.75) is 44.9 Å². The van der Waals surface area contributed by atoms with Crippen molar-refractivity contribution in [3.05, 3.63) is 28.8 Å². The second-order valence-corrected chi connectivity index (χ2v) is 5.73. The predicted octanol–water partition coefficient (Wildman–Crippen LogP) is 4.32. The zero-order chi connectivity index (χ0) is 10.9. The highest BCUT2D eigenvalue weighted by Crippen LogP contribution is 2.34. The van der Waals surface area contributed by atoms with E-state index in [1.54, 1.807) is 0 Å². The first-order chi connectivity index (χ1) is 6.36. The quantitative estimate of drug-likeness (QED) is 0.619. The molecule has 0 unspecified atom stereocenters. The normalized spacial score (nSPS) is 11.9. The van der Waals surface area contributed by atoms with E-state index in [2.05, 4.69) is 53.0 Å². The van der Waals surface area contributed by atoms with E-state index >= 15 is 0 Å². The van der Waals surface area contributed by atoms with E-state index in [0.717, 1.165) is 0 Å². The summed E-state index contributed by atoms with van der Waals surface area (Å²) in [6, 6.07) is 4.58. The van der Waals surface area contributed by atoms with Gasteiger partial charge in [-0.05, 0) is 36.6 Å². The minimum atomic E-state index is 0.245. The van der Waals surface area contributed by atoms with Gasteiger partial charge in [-0.25, -0.2) is 0 Å². The summed E-state index contributed by atoms with van der Waals surface area (Å²) in [5.41, 5.74) is 4.49. The Morgan fingerprint density at radius 1 is 1.07 bits per heavy atom. The molecule has 0 aliphatic heterocycles. The Bertz CT molecular complexity index is 332. The fraction of sp³-hybridized carbons (Fsp3) is 0.538. The van der Waals surface area contributed by atoms with Crippen LogP contribution in [-0.2, 0) is 5.41 Å². The molecule has 0 atom stereocenters. The van der Waals surface area contributed by atoms with E-state index in [1.165, 1.54) is 21.6 Å². The first kappa shape index (κ1) is 11.6. The first-order valence-electron chi connectivity index (χ1n) is 5.02. The SMILES string of the molecule is CSc1c(C)cc(C)cc1C(C)(C)C. The molecular weight excluding hydrogens is 188 g/mol. The average Bonchev–Trinajstić information content (AvgIpc) is 2.01. The molecule has 0 radical (unpaired) electrons. The topological polar surface area (TPSA) is 0 Å². The van der Waals surface area contributed by atoms with Gasteiger partial charge < -0.3 is 0 Å². The van der Waals surface area contributed by atoms with Crippen molar-refractivity contribution in [3.63, 3.8) is 0 Å². The van der Waals surface area contributed by atoms with Gasteiger partial charge in [0, 0.05) is 4.90 Å². The largest absolute Gasteiger partial charge is 0.129 e. The Labute approximate surface area is 92.1 Å². The molecule has 78 valence electrons. The van der Waals surface area contributed by atoms with Crippen LogP contribution in [0.15, 0.2) is 17.0 Å². The third-order valence-corrected chi connectivity index (χ3v) is 3.38. The van der Waals surface area contributed by atoms with E-state index in [1.807, 2.05) is 11.8 Å². The Hall–Kier alpha value is -0.430. The molecule has 0 N–H and O–H groups in total. The van der Waals surface area contributed by atoms with Crippen molar-refractivity contribution >= 4 is 11.8 Å². The molecule has 1 heteroatoms. The van der Waals surface area contributed by atoms with E-state index in [0.29, 0.717) is 0 Å². The minimum Gasteiger partial charge on any atom is -0.129 e. The lowest BCUT2D eigenvalue weighted by Crippen LogP contribution is -2.13. The maximum Gasteiger partial charge on any atom is 0.0136 e. The molecule has 0 amide bonds. The maximum atomic E-state index is 2.32. The van der Waals surface area contributed by atoms with Crippen LogP contribution in [0.4, 0.5) is 0 Å². The number of hydrogen-bond acceptors (Lipinski definition) is 1. The standard InChI is InChI=1S/C13H20S/c1-9-7-10(2)12(14-6)11(8-9)13(3,4)5/h7-8H,1-6H3. The molecule has 0 saturated carbocycles. The van der Waals surface area contributed by atoms with Crippen molar-refractivity contribution in [2.75, 3.05) is 6.26 Å². The second-order valence-electron chi connectivity index (χ2n) is 4.91. The number of benzene rings is 1. The van der Waals surface area contributed by atoms with Crippen molar-refractivity contribution in [1.29, 1.82) is 0 Å². The molecule has 14 heavy (non-hydrogen) atoms. The summed E-state index contributed by atoms with van der Waals surface area (Å²) in [4.78, 5) is 1.45. The Balaban J connectivity index is 3.40. The van der Waals surface area contributed by atoms with Crippen LogP contribution in [0.5, 0.6) is 0 Å². The predicted molar refractivity (Wildman–Crippen MR) is 66.4 cm³/mol. The van der Waals surface area contributed by atoms with Crippen LogP contribution in [0, 0.1) is 13.8 Å². The summed E-state index contributed by atoms with van der Waals surface area (Å²) in [7, 11) is 0. The van der Waals surface area contributed by atoms with Crippen LogP contribution >= 0.6 is 11.8 Å². The van der Waals surface area contributed by atoms with Gasteiger partial charge in [-0.1, -0.05) is 38.5 Å². The number of rotatable bonds is 1. The zero-order valence-corrected chi connectivity index (χ0v) is 10.9. The van der Waals surface area contributed by atoms with Gasteiger partial charge in [0.05, 0.1) is 0 Å². The summed E-state index contributed by atoms with van der Waals surface area (Å²) >= 11 is 1.86. The molecule has 1 aromatic rings. The van der Waals surface area contributed by atoms with Gasteiger partial charge in [0.25, 0.3) is 0 Å². The highest BCUT2D eigenvalue weighted by atomic mass is 32.2. The average molecular weight is 208 g/mol. The molecule has 0 nitrogen and oxygen atoms in total. The fourth-order valence-electron chi connectivity index (χ4n) is 1.78. The molecule has 1 aromatic carbocycles.